The van der Waals surface area contributed by atoms with E-state index < -0.39 is 0 Å². The quantitative estimate of drug-likeness (QED) is 0.752. The highest BCUT2D eigenvalue weighted by atomic mass is 16.5. The molecule has 2 aromatic rings. The van der Waals surface area contributed by atoms with Gasteiger partial charge in [-0.15, -0.1) is 0 Å². The molecule has 1 aromatic heterocycles. The molecule has 2 rings (SSSR count). The zero-order chi connectivity index (χ0) is 19.0. The van der Waals surface area contributed by atoms with Crippen molar-refractivity contribution >= 4 is 5.91 Å². The van der Waals surface area contributed by atoms with Crippen LogP contribution in [0.1, 0.15) is 31.9 Å². The molecule has 140 valence electrons. The van der Waals surface area contributed by atoms with E-state index in [1.807, 2.05) is 51.1 Å². The Kier molecular flexibility index (Phi) is 6.97. The van der Waals surface area contributed by atoms with Gasteiger partial charge in [0.1, 0.15) is 13.1 Å². The molecule has 1 heterocycles. The van der Waals surface area contributed by atoms with E-state index in [2.05, 4.69) is 15.6 Å². The number of rotatable bonds is 8. The van der Waals surface area contributed by atoms with E-state index in [1.165, 1.54) is 5.56 Å². The zero-order valence-corrected chi connectivity index (χ0v) is 15.9. The molecule has 0 aliphatic carbocycles. The van der Waals surface area contributed by atoms with Crippen molar-refractivity contribution < 1.29 is 19.6 Å². The molecular weight excluding hydrogens is 330 g/mol. The van der Waals surface area contributed by atoms with E-state index in [4.69, 9.17) is 9.47 Å². The maximum Gasteiger partial charge on any atom is 0.258 e. The summed E-state index contributed by atoms with van der Waals surface area (Å²) in [6.45, 7) is 7.47. The van der Waals surface area contributed by atoms with Gasteiger partial charge in [-0.3, -0.25) is 9.78 Å². The second-order valence-corrected chi connectivity index (χ2v) is 7.12. The molecular formula is C20H28N3O3+. The summed E-state index contributed by atoms with van der Waals surface area (Å²) in [6, 6.07) is 9.80. The number of hydrogen-bond acceptors (Lipinski definition) is 4. The molecule has 6 nitrogen and oxygen atoms in total. The summed E-state index contributed by atoms with van der Waals surface area (Å²) in [5, 5.41) is 5.08. The third kappa shape index (κ3) is 6.72. The molecule has 0 aliphatic heterocycles. The summed E-state index contributed by atoms with van der Waals surface area (Å²) in [6.07, 6.45) is 3.60. The van der Waals surface area contributed by atoms with Crippen LogP contribution in [-0.4, -0.2) is 30.1 Å². The third-order valence-electron chi connectivity index (χ3n) is 3.61. The highest BCUT2D eigenvalue weighted by molar-refractivity contribution is 5.78. The molecule has 0 spiro atoms. The predicted octanol–water partition coefficient (Wildman–Crippen LogP) is 1.65. The van der Waals surface area contributed by atoms with Crippen LogP contribution in [0.4, 0.5) is 0 Å². The Labute approximate surface area is 154 Å². The minimum absolute atomic E-state index is 0.0405. The lowest BCUT2D eigenvalue weighted by molar-refractivity contribution is -0.686. The van der Waals surface area contributed by atoms with E-state index >= 15 is 0 Å². The summed E-state index contributed by atoms with van der Waals surface area (Å²) >= 11 is 0. The molecule has 0 fully saturated rings. The van der Waals surface area contributed by atoms with Gasteiger partial charge in [-0.05, 0) is 51.1 Å². The number of amides is 1. The summed E-state index contributed by atoms with van der Waals surface area (Å²) in [5.41, 5.74) is 2.08. The van der Waals surface area contributed by atoms with Gasteiger partial charge < -0.3 is 20.1 Å². The predicted molar refractivity (Wildman–Crippen MR) is 100.0 cm³/mol. The van der Waals surface area contributed by atoms with Crippen LogP contribution in [0.25, 0.3) is 0 Å². The average Bonchev–Trinajstić information content (AvgIpc) is 2.60. The highest BCUT2D eigenvalue weighted by Crippen LogP contribution is 2.27. The lowest BCUT2D eigenvalue weighted by atomic mass is 10.1. The molecule has 0 bridgehead atoms. The largest absolute Gasteiger partial charge is 0.493 e. The molecule has 0 saturated carbocycles. The molecule has 0 saturated heterocycles. The topological polar surface area (TPSA) is 77.1 Å². The minimum Gasteiger partial charge on any atom is -0.493 e. The van der Waals surface area contributed by atoms with E-state index in [0.29, 0.717) is 11.5 Å². The van der Waals surface area contributed by atoms with Crippen molar-refractivity contribution in [1.82, 2.24) is 10.3 Å². The summed E-state index contributed by atoms with van der Waals surface area (Å²) in [7, 11) is 1.60. The summed E-state index contributed by atoms with van der Waals surface area (Å²) in [5.74, 6) is 1.03. The number of ether oxygens (including phenoxy) is 2. The molecule has 0 aliphatic rings. The van der Waals surface area contributed by atoms with Crippen LogP contribution >= 0.6 is 0 Å². The first-order valence-electron chi connectivity index (χ1n) is 8.68. The van der Waals surface area contributed by atoms with Gasteiger partial charge in [0.15, 0.2) is 18.1 Å². The molecule has 0 atom stereocenters. The number of carbonyl (C=O) groups is 1. The lowest BCUT2D eigenvalue weighted by Crippen LogP contribution is -2.80. The maximum atomic E-state index is 11.9. The Bertz CT molecular complexity index is 712. The van der Waals surface area contributed by atoms with E-state index in [0.717, 1.165) is 18.7 Å². The van der Waals surface area contributed by atoms with Crippen molar-refractivity contribution in [3.63, 3.8) is 0 Å². The van der Waals surface area contributed by atoms with Crippen LogP contribution in [0.5, 0.6) is 11.5 Å². The third-order valence-corrected chi connectivity index (χ3v) is 3.61. The van der Waals surface area contributed by atoms with Gasteiger partial charge in [0, 0.05) is 29.1 Å². The zero-order valence-electron chi connectivity index (χ0n) is 15.9. The Balaban J connectivity index is 1.89. The minimum atomic E-state index is -0.279. The van der Waals surface area contributed by atoms with Gasteiger partial charge in [0.2, 0.25) is 0 Å². The van der Waals surface area contributed by atoms with Crippen molar-refractivity contribution in [1.29, 1.82) is 0 Å². The molecule has 3 N–H and O–H groups in total. The van der Waals surface area contributed by atoms with Crippen molar-refractivity contribution in [2.75, 3.05) is 13.7 Å². The van der Waals surface area contributed by atoms with Crippen LogP contribution in [0.15, 0.2) is 42.7 Å². The van der Waals surface area contributed by atoms with Crippen molar-refractivity contribution in [2.45, 2.75) is 39.4 Å². The number of methoxy groups -OCH3 is 1. The van der Waals surface area contributed by atoms with Crippen LogP contribution < -0.4 is 20.1 Å². The van der Waals surface area contributed by atoms with E-state index in [1.54, 1.807) is 19.5 Å². The van der Waals surface area contributed by atoms with Crippen molar-refractivity contribution in [2.24, 2.45) is 0 Å². The van der Waals surface area contributed by atoms with Crippen LogP contribution in [0.2, 0.25) is 0 Å². The van der Waals surface area contributed by atoms with Gasteiger partial charge in [0.25, 0.3) is 5.91 Å². The smallest absolute Gasteiger partial charge is 0.258 e. The fourth-order valence-corrected chi connectivity index (χ4v) is 2.48. The molecule has 1 aromatic carbocycles. The Hall–Kier alpha value is -2.60. The summed E-state index contributed by atoms with van der Waals surface area (Å²) in [4.78, 5) is 15.9. The van der Waals surface area contributed by atoms with Crippen molar-refractivity contribution in [3.05, 3.63) is 53.9 Å². The number of quaternary nitrogens is 1. The second-order valence-electron chi connectivity index (χ2n) is 7.12. The maximum absolute atomic E-state index is 11.9. The molecule has 6 heteroatoms. The van der Waals surface area contributed by atoms with E-state index in [9.17, 15) is 4.79 Å². The number of nitrogens with one attached hydrogen (secondary N) is 1. The van der Waals surface area contributed by atoms with Gasteiger partial charge in [-0.2, -0.15) is 0 Å². The molecule has 0 radical (unpaired) electrons. The lowest BCUT2D eigenvalue weighted by Gasteiger charge is -2.20. The second kappa shape index (κ2) is 9.20. The fourth-order valence-electron chi connectivity index (χ4n) is 2.48. The Morgan fingerprint density at radius 3 is 2.42 bits per heavy atom. The Morgan fingerprint density at radius 2 is 1.77 bits per heavy atom. The monoisotopic (exact) mass is 358 g/mol. The molecule has 26 heavy (non-hydrogen) atoms. The van der Waals surface area contributed by atoms with Gasteiger partial charge in [0.05, 0.1) is 7.11 Å². The summed E-state index contributed by atoms with van der Waals surface area (Å²) < 4.78 is 11.0. The first-order valence-corrected chi connectivity index (χ1v) is 8.68. The number of pyridine rings is 1. The van der Waals surface area contributed by atoms with Gasteiger partial charge in [-0.25, -0.2) is 0 Å². The Morgan fingerprint density at radius 1 is 1.08 bits per heavy atom. The number of nitrogens with two attached hydrogens (primary N) is 1. The number of carbonyl (C=O) groups excluding carboxylic acids is 1. The standard InChI is InChI=1S/C20H27N3O3/c1-20(2,3)23-19(24)14-26-17-6-5-16(11-18(17)25-4)13-22-12-15-7-9-21-10-8-15/h5-11,22H,12-14H2,1-4H3,(H,23,24)/p+1. The molecule has 0 unspecified atom stereocenters. The normalized spacial score (nSPS) is 11.1. The van der Waals surface area contributed by atoms with Crippen LogP contribution in [0, 0.1) is 0 Å². The number of benzene rings is 1. The molecule has 1 amide bonds. The first-order chi connectivity index (χ1) is 12.4. The van der Waals surface area contributed by atoms with Crippen LogP contribution in [-0.2, 0) is 17.9 Å². The van der Waals surface area contributed by atoms with E-state index in [-0.39, 0.29) is 18.1 Å². The number of aromatic nitrogens is 1. The SMILES string of the molecule is COc1cc(C[NH2+]Cc2ccncc2)ccc1OCC(=O)NC(C)(C)C. The highest BCUT2D eigenvalue weighted by Gasteiger charge is 2.15. The van der Waals surface area contributed by atoms with Gasteiger partial charge >= 0.3 is 0 Å². The average molecular weight is 358 g/mol. The number of nitrogens with zero attached hydrogens (tertiary/aromatic N) is 1. The van der Waals surface area contributed by atoms with Crippen LogP contribution in [0.3, 0.4) is 0 Å². The fraction of sp³-hybridized carbons (Fsp3) is 0.400. The van der Waals surface area contributed by atoms with Gasteiger partial charge in [-0.1, -0.05) is 0 Å². The van der Waals surface area contributed by atoms with Crippen molar-refractivity contribution in [3.8, 4) is 11.5 Å². The number of hydrogen-bond donors (Lipinski definition) is 2. The first kappa shape index (κ1) is 19.7.